The van der Waals surface area contributed by atoms with Crippen molar-refractivity contribution in [3.8, 4) is 5.75 Å². The zero-order chi connectivity index (χ0) is 14.6. The van der Waals surface area contributed by atoms with Gasteiger partial charge in [-0.05, 0) is 31.2 Å². The number of hydrogen-bond acceptors (Lipinski definition) is 5. The van der Waals surface area contributed by atoms with Crippen molar-refractivity contribution < 1.29 is 13.2 Å². The highest BCUT2D eigenvalue weighted by molar-refractivity contribution is 7.99. The molecule has 1 atom stereocenters. The minimum atomic E-state index is -3.24. The molecular weight excluding hydrogens is 296 g/mol. The van der Waals surface area contributed by atoms with E-state index in [-0.39, 0.29) is 18.4 Å². The first-order valence-electron chi connectivity index (χ1n) is 6.54. The molecule has 2 N–H and O–H groups in total. The number of anilines is 1. The predicted molar refractivity (Wildman–Crippen MR) is 83.6 cm³/mol. The third-order valence-electron chi connectivity index (χ3n) is 3.15. The average Bonchev–Trinajstić information content (AvgIpc) is 2.41. The Morgan fingerprint density at radius 1 is 1.40 bits per heavy atom. The lowest BCUT2D eigenvalue weighted by Gasteiger charge is -2.31. The number of nitrogens with two attached hydrogens (primary N) is 1. The van der Waals surface area contributed by atoms with Crippen LogP contribution in [0.15, 0.2) is 24.3 Å². The van der Waals surface area contributed by atoms with E-state index in [9.17, 15) is 8.42 Å². The first kappa shape index (κ1) is 15.5. The van der Waals surface area contributed by atoms with Crippen LogP contribution < -0.4 is 10.5 Å². The molecule has 0 amide bonds. The van der Waals surface area contributed by atoms with Gasteiger partial charge in [-0.25, -0.2) is 8.42 Å². The number of benzene rings is 1. The van der Waals surface area contributed by atoms with Gasteiger partial charge in [-0.2, -0.15) is 16.1 Å². The molecule has 0 bridgehead atoms. The molecule has 5 nitrogen and oxygen atoms in total. The van der Waals surface area contributed by atoms with Gasteiger partial charge in [-0.1, -0.05) is 0 Å². The Balaban J connectivity index is 1.87. The average molecular weight is 316 g/mol. The van der Waals surface area contributed by atoms with Gasteiger partial charge >= 0.3 is 0 Å². The Morgan fingerprint density at radius 3 is 2.75 bits per heavy atom. The Hall–Kier alpha value is -0.920. The van der Waals surface area contributed by atoms with Crippen LogP contribution in [0.2, 0.25) is 0 Å². The van der Waals surface area contributed by atoms with E-state index in [1.54, 1.807) is 40.3 Å². The van der Waals surface area contributed by atoms with Crippen molar-refractivity contribution >= 4 is 27.5 Å². The van der Waals surface area contributed by atoms with Crippen molar-refractivity contribution in [3.05, 3.63) is 24.3 Å². The summed E-state index contributed by atoms with van der Waals surface area (Å²) in [6.07, 6.45) is 0. The number of sulfonamides is 1. The van der Waals surface area contributed by atoms with Crippen LogP contribution in [0.1, 0.15) is 6.92 Å². The molecule has 2 rings (SSSR count). The van der Waals surface area contributed by atoms with Gasteiger partial charge in [0.2, 0.25) is 10.0 Å². The molecule has 0 spiro atoms. The predicted octanol–water partition coefficient (Wildman–Crippen LogP) is 1.41. The van der Waals surface area contributed by atoms with Gasteiger partial charge in [-0.3, -0.25) is 0 Å². The smallest absolute Gasteiger partial charge is 0.217 e. The van der Waals surface area contributed by atoms with Gasteiger partial charge in [0.05, 0.1) is 5.75 Å². The first-order valence-corrected chi connectivity index (χ1v) is 9.31. The normalized spacial score (nSPS) is 20.8. The van der Waals surface area contributed by atoms with Crippen LogP contribution in [0, 0.1) is 0 Å². The van der Waals surface area contributed by atoms with E-state index in [0.29, 0.717) is 18.0 Å². The quantitative estimate of drug-likeness (QED) is 0.832. The van der Waals surface area contributed by atoms with Crippen molar-refractivity contribution in [2.75, 3.05) is 36.1 Å². The Labute approximate surface area is 124 Å². The highest BCUT2D eigenvalue weighted by atomic mass is 32.2. The van der Waals surface area contributed by atoms with E-state index in [1.807, 2.05) is 6.92 Å². The molecule has 112 valence electrons. The molecule has 1 fully saturated rings. The maximum Gasteiger partial charge on any atom is 0.217 e. The zero-order valence-electron chi connectivity index (χ0n) is 11.5. The highest BCUT2D eigenvalue weighted by Crippen LogP contribution is 2.20. The van der Waals surface area contributed by atoms with Crippen LogP contribution in [0.25, 0.3) is 0 Å². The molecule has 1 aliphatic heterocycles. The van der Waals surface area contributed by atoms with E-state index in [0.717, 1.165) is 11.5 Å². The first-order chi connectivity index (χ1) is 9.49. The highest BCUT2D eigenvalue weighted by Gasteiger charge is 2.29. The van der Waals surface area contributed by atoms with E-state index in [1.165, 1.54) is 0 Å². The van der Waals surface area contributed by atoms with Crippen molar-refractivity contribution in [1.82, 2.24) is 4.31 Å². The second-order valence-electron chi connectivity index (χ2n) is 4.77. The molecule has 0 aromatic heterocycles. The maximum atomic E-state index is 12.3. The Kier molecular flexibility index (Phi) is 5.17. The van der Waals surface area contributed by atoms with Crippen LogP contribution in [0.5, 0.6) is 5.75 Å². The molecule has 7 heteroatoms. The van der Waals surface area contributed by atoms with Crippen molar-refractivity contribution in [2.45, 2.75) is 13.0 Å². The number of nitrogen functional groups attached to an aromatic ring is 1. The van der Waals surface area contributed by atoms with Crippen molar-refractivity contribution in [3.63, 3.8) is 0 Å². The molecule has 1 saturated heterocycles. The van der Waals surface area contributed by atoms with Crippen LogP contribution in [-0.2, 0) is 10.0 Å². The summed E-state index contributed by atoms with van der Waals surface area (Å²) in [5.41, 5.74) is 6.23. The lowest BCUT2D eigenvalue weighted by atomic mass is 10.3. The standard InChI is InChI=1S/C13H20N2O3S2/c1-11-10-19-8-6-15(11)20(16,17)9-7-18-13-4-2-12(14)3-5-13/h2-5,11H,6-10,14H2,1H3. The summed E-state index contributed by atoms with van der Waals surface area (Å²) in [6, 6.07) is 7.00. The van der Waals surface area contributed by atoms with Crippen molar-refractivity contribution in [2.24, 2.45) is 0 Å². The van der Waals surface area contributed by atoms with Gasteiger partial charge in [0.1, 0.15) is 12.4 Å². The molecule has 20 heavy (non-hydrogen) atoms. The molecule has 1 aromatic carbocycles. The summed E-state index contributed by atoms with van der Waals surface area (Å²) in [5.74, 6) is 2.36. The number of ether oxygens (including phenoxy) is 1. The maximum absolute atomic E-state index is 12.3. The van der Waals surface area contributed by atoms with Gasteiger partial charge in [-0.15, -0.1) is 0 Å². The third kappa shape index (κ3) is 4.04. The van der Waals surface area contributed by atoms with Gasteiger partial charge in [0.25, 0.3) is 0 Å². The number of thioether (sulfide) groups is 1. The van der Waals surface area contributed by atoms with Crippen LogP contribution in [0.4, 0.5) is 5.69 Å². The molecule has 1 unspecified atom stereocenters. The van der Waals surface area contributed by atoms with Gasteiger partial charge < -0.3 is 10.5 Å². The topological polar surface area (TPSA) is 72.6 Å². The summed E-state index contributed by atoms with van der Waals surface area (Å²) < 4.78 is 31.6. The van der Waals surface area contributed by atoms with Gasteiger partial charge in [0, 0.05) is 29.8 Å². The van der Waals surface area contributed by atoms with Crippen LogP contribution in [-0.4, -0.2) is 49.2 Å². The molecule has 0 radical (unpaired) electrons. The summed E-state index contributed by atoms with van der Waals surface area (Å²) in [7, 11) is -3.24. The molecule has 1 aliphatic rings. The Bertz CT molecular complexity index is 531. The zero-order valence-corrected chi connectivity index (χ0v) is 13.1. The molecule has 0 saturated carbocycles. The number of nitrogens with zero attached hydrogens (tertiary/aromatic N) is 1. The largest absolute Gasteiger partial charge is 0.492 e. The van der Waals surface area contributed by atoms with Crippen LogP contribution >= 0.6 is 11.8 Å². The van der Waals surface area contributed by atoms with E-state index >= 15 is 0 Å². The van der Waals surface area contributed by atoms with E-state index < -0.39 is 10.0 Å². The van der Waals surface area contributed by atoms with Crippen LogP contribution in [0.3, 0.4) is 0 Å². The molecule has 0 aliphatic carbocycles. The van der Waals surface area contributed by atoms with Gasteiger partial charge in [0.15, 0.2) is 0 Å². The fourth-order valence-corrected chi connectivity index (χ4v) is 4.82. The van der Waals surface area contributed by atoms with Crippen molar-refractivity contribution in [1.29, 1.82) is 0 Å². The minimum Gasteiger partial charge on any atom is -0.492 e. The number of rotatable bonds is 5. The lowest BCUT2D eigenvalue weighted by Crippen LogP contribution is -2.46. The second-order valence-corrected chi connectivity index (χ2v) is 7.96. The summed E-state index contributed by atoms with van der Waals surface area (Å²) in [6.45, 7) is 2.70. The fourth-order valence-electron chi connectivity index (χ4n) is 2.07. The lowest BCUT2D eigenvalue weighted by molar-refractivity contribution is 0.327. The number of hydrogen-bond donors (Lipinski definition) is 1. The monoisotopic (exact) mass is 316 g/mol. The molecule has 1 heterocycles. The van der Waals surface area contributed by atoms with E-state index in [2.05, 4.69) is 0 Å². The summed E-state index contributed by atoms with van der Waals surface area (Å²) >= 11 is 1.80. The third-order valence-corrected chi connectivity index (χ3v) is 6.28. The fraction of sp³-hybridized carbons (Fsp3) is 0.538. The van der Waals surface area contributed by atoms with E-state index in [4.69, 9.17) is 10.5 Å². The Morgan fingerprint density at radius 2 is 2.10 bits per heavy atom. The summed E-state index contributed by atoms with van der Waals surface area (Å²) in [5, 5.41) is 0. The molecular formula is C13H20N2O3S2. The minimum absolute atomic E-state index is 0.00633. The summed E-state index contributed by atoms with van der Waals surface area (Å²) in [4.78, 5) is 0. The SMILES string of the molecule is CC1CSCCN1S(=O)(=O)CCOc1ccc(N)cc1. The molecule has 1 aromatic rings. The second kappa shape index (κ2) is 6.69.